The van der Waals surface area contributed by atoms with E-state index in [1.54, 1.807) is 40.7 Å². The normalized spacial score (nSPS) is 19.5. The van der Waals surface area contributed by atoms with Crippen LogP contribution in [0.3, 0.4) is 0 Å². The predicted molar refractivity (Wildman–Crippen MR) is 88.8 cm³/mol. The molecule has 1 saturated heterocycles. The van der Waals surface area contributed by atoms with E-state index in [1.165, 1.54) is 0 Å². The molecule has 3 rings (SSSR count). The molecule has 1 aliphatic rings. The second kappa shape index (κ2) is 6.20. The van der Waals surface area contributed by atoms with Gasteiger partial charge in [-0.3, -0.25) is 0 Å². The first-order chi connectivity index (χ1) is 10.5. The third kappa shape index (κ3) is 3.01. The third-order valence-electron chi connectivity index (χ3n) is 3.88. The molecule has 2 aromatic rings. The number of hydrogen-bond acceptors (Lipinski definition) is 2. The molecule has 0 N–H and O–H groups in total. The maximum atomic E-state index is 12.9. The van der Waals surface area contributed by atoms with E-state index in [4.69, 9.17) is 23.2 Å². The Morgan fingerprint density at radius 3 is 2.05 bits per heavy atom. The maximum Gasteiger partial charge on any atom is 0.243 e. The zero-order valence-electron chi connectivity index (χ0n) is 11.7. The van der Waals surface area contributed by atoms with Crippen LogP contribution < -0.4 is 0 Å². The Balaban J connectivity index is 1.95. The van der Waals surface area contributed by atoms with Gasteiger partial charge >= 0.3 is 0 Å². The van der Waals surface area contributed by atoms with Gasteiger partial charge < -0.3 is 0 Å². The zero-order valence-corrected chi connectivity index (χ0v) is 14.1. The highest BCUT2D eigenvalue weighted by atomic mass is 35.5. The van der Waals surface area contributed by atoms with Crippen LogP contribution in [0.1, 0.15) is 24.4 Å². The number of hydrogen-bond donors (Lipinski definition) is 0. The van der Waals surface area contributed by atoms with Crippen molar-refractivity contribution in [2.45, 2.75) is 23.8 Å². The Labute approximate surface area is 140 Å². The largest absolute Gasteiger partial charge is 0.243 e. The number of halogens is 2. The lowest BCUT2D eigenvalue weighted by atomic mass is 10.1. The molecule has 0 unspecified atom stereocenters. The first-order valence-corrected chi connectivity index (χ1v) is 9.21. The lowest BCUT2D eigenvalue weighted by molar-refractivity contribution is 0.396. The van der Waals surface area contributed by atoms with Gasteiger partial charge in [-0.05, 0) is 54.8 Å². The summed E-state index contributed by atoms with van der Waals surface area (Å²) in [6.45, 7) is 0.526. The van der Waals surface area contributed by atoms with Crippen molar-refractivity contribution in [3.8, 4) is 0 Å². The molecular weight excluding hydrogens is 341 g/mol. The summed E-state index contributed by atoms with van der Waals surface area (Å²) in [5, 5.41) is 1.17. The SMILES string of the molecule is O=S(=O)(c1ccc(Cl)cc1)N1CCC[C@H]1c1ccc(Cl)cc1. The van der Waals surface area contributed by atoms with Gasteiger partial charge in [0.05, 0.1) is 10.9 Å². The molecule has 1 atom stereocenters. The van der Waals surface area contributed by atoms with Gasteiger partial charge in [-0.25, -0.2) is 8.42 Å². The summed E-state index contributed by atoms with van der Waals surface area (Å²) in [5.41, 5.74) is 0.972. The Hall–Kier alpha value is -1.07. The molecule has 6 heteroatoms. The summed E-state index contributed by atoms with van der Waals surface area (Å²) >= 11 is 11.8. The highest BCUT2D eigenvalue weighted by molar-refractivity contribution is 7.89. The lowest BCUT2D eigenvalue weighted by Gasteiger charge is -2.24. The average Bonchev–Trinajstić information content (AvgIpc) is 2.99. The van der Waals surface area contributed by atoms with Crippen LogP contribution in [0, 0.1) is 0 Å². The number of benzene rings is 2. The number of nitrogens with zero attached hydrogens (tertiary/aromatic N) is 1. The van der Waals surface area contributed by atoms with Gasteiger partial charge in [-0.1, -0.05) is 35.3 Å². The molecule has 1 fully saturated rings. The van der Waals surface area contributed by atoms with E-state index in [-0.39, 0.29) is 10.9 Å². The average molecular weight is 356 g/mol. The van der Waals surface area contributed by atoms with Crippen LogP contribution >= 0.6 is 23.2 Å². The van der Waals surface area contributed by atoms with Gasteiger partial charge in [0.15, 0.2) is 0 Å². The standard InChI is InChI=1S/C16H15Cl2NO2S/c17-13-5-3-12(4-6-13)16-2-1-11-19(16)22(20,21)15-9-7-14(18)8-10-15/h3-10,16H,1-2,11H2/t16-/m0/s1. The van der Waals surface area contributed by atoms with Crippen molar-refractivity contribution < 1.29 is 8.42 Å². The van der Waals surface area contributed by atoms with E-state index in [0.717, 1.165) is 18.4 Å². The van der Waals surface area contributed by atoms with Crippen molar-refractivity contribution in [3.05, 3.63) is 64.1 Å². The van der Waals surface area contributed by atoms with Crippen LogP contribution in [0.5, 0.6) is 0 Å². The monoisotopic (exact) mass is 355 g/mol. The van der Waals surface area contributed by atoms with Crippen molar-refractivity contribution in [3.63, 3.8) is 0 Å². The second-order valence-electron chi connectivity index (χ2n) is 5.28. The first-order valence-electron chi connectivity index (χ1n) is 7.01. The van der Waals surface area contributed by atoms with Crippen molar-refractivity contribution in [1.82, 2.24) is 4.31 Å². The quantitative estimate of drug-likeness (QED) is 0.811. The van der Waals surface area contributed by atoms with Crippen LogP contribution in [0.2, 0.25) is 10.0 Å². The van der Waals surface area contributed by atoms with Gasteiger partial charge in [-0.2, -0.15) is 4.31 Å². The smallest absolute Gasteiger partial charge is 0.207 e. The van der Waals surface area contributed by atoms with Crippen molar-refractivity contribution >= 4 is 33.2 Å². The van der Waals surface area contributed by atoms with Crippen molar-refractivity contribution in [2.75, 3.05) is 6.54 Å². The maximum absolute atomic E-state index is 12.9. The lowest BCUT2D eigenvalue weighted by Crippen LogP contribution is -2.30. The molecule has 0 bridgehead atoms. The Bertz CT molecular complexity index is 758. The summed E-state index contributed by atoms with van der Waals surface area (Å²) in [7, 11) is -3.52. The minimum absolute atomic E-state index is 0.141. The Morgan fingerprint density at radius 1 is 0.909 bits per heavy atom. The molecule has 2 aromatic carbocycles. The summed E-state index contributed by atoms with van der Waals surface area (Å²) < 4.78 is 27.3. The van der Waals surface area contributed by atoms with Gasteiger partial charge in [0.25, 0.3) is 0 Å². The van der Waals surface area contributed by atoms with Gasteiger partial charge in [0.2, 0.25) is 10.0 Å². The molecule has 0 aliphatic carbocycles. The minimum Gasteiger partial charge on any atom is -0.207 e. The Morgan fingerprint density at radius 2 is 1.45 bits per heavy atom. The van der Waals surface area contributed by atoms with Crippen molar-refractivity contribution in [2.24, 2.45) is 0 Å². The predicted octanol–water partition coefficient (Wildman–Crippen LogP) is 4.52. The second-order valence-corrected chi connectivity index (χ2v) is 8.04. The summed E-state index contributed by atoms with van der Waals surface area (Å²) in [5.74, 6) is 0. The van der Waals surface area contributed by atoms with E-state index < -0.39 is 10.0 Å². The van der Waals surface area contributed by atoms with Crippen LogP contribution in [-0.4, -0.2) is 19.3 Å². The highest BCUT2D eigenvalue weighted by Crippen LogP contribution is 2.37. The van der Waals surface area contributed by atoms with E-state index in [9.17, 15) is 8.42 Å². The van der Waals surface area contributed by atoms with E-state index >= 15 is 0 Å². The summed E-state index contributed by atoms with van der Waals surface area (Å²) in [6.07, 6.45) is 1.66. The molecule has 0 saturated carbocycles. The fourth-order valence-electron chi connectivity index (χ4n) is 2.79. The fourth-order valence-corrected chi connectivity index (χ4v) is 4.72. The molecule has 22 heavy (non-hydrogen) atoms. The van der Waals surface area contributed by atoms with Crippen LogP contribution in [0.4, 0.5) is 0 Å². The van der Waals surface area contributed by atoms with E-state index in [0.29, 0.717) is 16.6 Å². The molecule has 1 heterocycles. The molecule has 0 aromatic heterocycles. The van der Waals surface area contributed by atoms with E-state index in [2.05, 4.69) is 0 Å². The van der Waals surface area contributed by atoms with Crippen LogP contribution in [0.15, 0.2) is 53.4 Å². The molecule has 3 nitrogen and oxygen atoms in total. The van der Waals surface area contributed by atoms with Crippen LogP contribution in [-0.2, 0) is 10.0 Å². The fraction of sp³-hybridized carbons (Fsp3) is 0.250. The first kappa shape index (κ1) is 15.8. The molecule has 0 spiro atoms. The number of rotatable bonds is 3. The molecule has 116 valence electrons. The third-order valence-corrected chi connectivity index (χ3v) is 6.31. The van der Waals surface area contributed by atoms with Crippen molar-refractivity contribution in [1.29, 1.82) is 0 Å². The van der Waals surface area contributed by atoms with Gasteiger partial charge in [0, 0.05) is 16.6 Å². The minimum atomic E-state index is -3.52. The van der Waals surface area contributed by atoms with Crippen LogP contribution in [0.25, 0.3) is 0 Å². The summed E-state index contributed by atoms with van der Waals surface area (Å²) in [4.78, 5) is 0.276. The summed E-state index contributed by atoms with van der Waals surface area (Å²) in [6, 6.07) is 13.5. The Kier molecular flexibility index (Phi) is 4.46. The van der Waals surface area contributed by atoms with Gasteiger partial charge in [0.1, 0.15) is 0 Å². The molecule has 1 aliphatic heterocycles. The number of sulfonamides is 1. The van der Waals surface area contributed by atoms with E-state index in [1.807, 2.05) is 12.1 Å². The molecule has 0 radical (unpaired) electrons. The topological polar surface area (TPSA) is 37.4 Å². The molecule has 0 amide bonds. The zero-order chi connectivity index (χ0) is 15.7. The molecular formula is C16H15Cl2NO2S. The highest BCUT2D eigenvalue weighted by Gasteiger charge is 2.36. The van der Waals surface area contributed by atoms with Gasteiger partial charge in [-0.15, -0.1) is 0 Å².